The van der Waals surface area contributed by atoms with E-state index in [1.165, 1.54) is 16.2 Å². The van der Waals surface area contributed by atoms with Crippen LogP contribution in [0.25, 0.3) is 10.4 Å². The van der Waals surface area contributed by atoms with Crippen LogP contribution in [-0.2, 0) is 6.54 Å². The number of hydrogen-bond acceptors (Lipinski definition) is 5. The molecule has 0 unspecified atom stereocenters. The summed E-state index contributed by atoms with van der Waals surface area (Å²) in [6.07, 6.45) is 3.34. The van der Waals surface area contributed by atoms with Gasteiger partial charge in [-0.2, -0.15) is 11.8 Å². The second-order valence-electron chi connectivity index (χ2n) is 6.35. The van der Waals surface area contributed by atoms with Crippen LogP contribution in [0, 0.1) is 6.92 Å². The number of benzene rings is 1. The summed E-state index contributed by atoms with van der Waals surface area (Å²) in [5.41, 5.74) is 2.16. The molecule has 3 nitrogen and oxygen atoms in total. The first-order valence-electron chi connectivity index (χ1n) is 8.37. The van der Waals surface area contributed by atoms with Crippen molar-refractivity contribution in [2.75, 3.05) is 26.0 Å². The third-order valence-corrected chi connectivity index (χ3v) is 6.56. The summed E-state index contributed by atoms with van der Waals surface area (Å²) in [7, 11) is 0. The topological polar surface area (TPSA) is 32.7 Å². The Morgan fingerprint density at radius 2 is 2.21 bits per heavy atom. The number of aromatic hydroxyl groups is 1. The average molecular weight is 364 g/mol. The van der Waals surface area contributed by atoms with E-state index in [2.05, 4.69) is 43.2 Å². The van der Waals surface area contributed by atoms with Gasteiger partial charge < -0.3 is 9.84 Å². The molecule has 1 aromatic carbocycles. The van der Waals surface area contributed by atoms with Gasteiger partial charge in [0, 0.05) is 33.7 Å². The molecule has 0 spiro atoms. The Kier molecular flexibility index (Phi) is 5.74. The highest BCUT2D eigenvalue weighted by atomic mass is 32.2. The van der Waals surface area contributed by atoms with Crippen LogP contribution in [0.1, 0.15) is 23.8 Å². The van der Waals surface area contributed by atoms with Crippen LogP contribution in [0.15, 0.2) is 24.3 Å². The van der Waals surface area contributed by atoms with Crippen molar-refractivity contribution in [3.05, 3.63) is 34.7 Å². The Labute approximate surface area is 152 Å². The van der Waals surface area contributed by atoms with Crippen LogP contribution < -0.4 is 4.74 Å². The van der Waals surface area contributed by atoms with E-state index in [0.29, 0.717) is 17.6 Å². The summed E-state index contributed by atoms with van der Waals surface area (Å²) in [4.78, 5) is 4.90. The monoisotopic (exact) mass is 363 g/mol. The average Bonchev–Trinajstić information content (AvgIpc) is 2.89. The minimum absolute atomic E-state index is 0.257. The Balaban J connectivity index is 1.83. The largest absolute Gasteiger partial charge is 0.504 e. The molecule has 1 aliphatic heterocycles. The summed E-state index contributed by atoms with van der Waals surface area (Å²) < 4.78 is 5.85. The minimum Gasteiger partial charge on any atom is -0.504 e. The molecule has 0 radical (unpaired) electrons. The lowest BCUT2D eigenvalue weighted by Crippen LogP contribution is -2.28. The van der Waals surface area contributed by atoms with Crippen LogP contribution in [0.4, 0.5) is 0 Å². The molecule has 0 saturated carbocycles. The van der Waals surface area contributed by atoms with Crippen molar-refractivity contribution in [1.82, 2.24) is 4.90 Å². The zero-order valence-electron chi connectivity index (χ0n) is 14.5. The van der Waals surface area contributed by atoms with Crippen LogP contribution in [0.3, 0.4) is 0 Å². The van der Waals surface area contributed by atoms with Crippen LogP contribution >= 0.6 is 23.1 Å². The number of ether oxygens (including phenoxy) is 1. The Morgan fingerprint density at radius 1 is 1.38 bits per heavy atom. The van der Waals surface area contributed by atoms with Gasteiger partial charge in [0.05, 0.1) is 0 Å². The standard InChI is InChI=1S/C19H25NO2S2/c1-13(23-3)6-7-20-8-9-22-19-16(12-20)10-15(11-17(19)21)18-5-4-14(2)24-18/h4-5,10-11,13,21H,6-9,12H2,1-3H3/t13-/m1/s1. The van der Waals surface area contributed by atoms with Gasteiger partial charge in [-0.15, -0.1) is 11.3 Å². The van der Waals surface area contributed by atoms with E-state index >= 15 is 0 Å². The fourth-order valence-electron chi connectivity index (χ4n) is 2.96. The highest BCUT2D eigenvalue weighted by Gasteiger charge is 2.20. The molecule has 2 heterocycles. The third kappa shape index (κ3) is 4.08. The number of phenolic OH excluding ortho intramolecular Hbond substituents is 1. The molecule has 5 heteroatoms. The van der Waals surface area contributed by atoms with E-state index < -0.39 is 0 Å². The lowest BCUT2D eigenvalue weighted by molar-refractivity contribution is 0.221. The number of fused-ring (bicyclic) bond motifs is 1. The van der Waals surface area contributed by atoms with Crippen molar-refractivity contribution in [1.29, 1.82) is 0 Å². The van der Waals surface area contributed by atoms with Crippen LogP contribution in [0.5, 0.6) is 11.5 Å². The highest BCUT2D eigenvalue weighted by Crippen LogP contribution is 2.39. The first-order chi connectivity index (χ1) is 11.6. The second kappa shape index (κ2) is 7.81. The maximum Gasteiger partial charge on any atom is 0.165 e. The molecule has 1 aromatic heterocycles. The fraction of sp³-hybridized carbons (Fsp3) is 0.474. The third-order valence-electron chi connectivity index (χ3n) is 4.47. The first kappa shape index (κ1) is 17.6. The van der Waals surface area contributed by atoms with Gasteiger partial charge in [-0.1, -0.05) is 6.92 Å². The molecule has 3 rings (SSSR count). The van der Waals surface area contributed by atoms with Gasteiger partial charge in [0.2, 0.25) is 0 Å². The molecule has 1 N–H and O–H groups in total. The number of nitrogens with zero attached hydrogens (tertiary/aromatic N) is 1. The lowest BCUT2D eigenvalue weighted by atomic mass is 10.1. The number of thiophene rings is 1. The summed E-state index contributed by atoms with van der Waals surface area (Å²) in [6.45, 7) is 7.82. The number of rotatable bonds is 5. The van der Waals surface area contributed by atoms with Gasteiger partial charge >= 0.3 is 0 Å². The molecule has 24 heavy (non-hydrogen) atoms. The van der Waals surface area contributed by atoms with Crippen molar-refractivity contribution in [3.8, 4) is 21.9 Å². The van der Waals surface area contributed by atoms with Crippen LogP contribution in [-0.4, -0.2) is 41.2 Å². The number of thioether (sulfide) groups is 1. The molecular formula is C19H25NO2S2. The molecule has 0 amide bonds. The van der Waals surface area contributed by atoms with Crippen molar-refractivity contribution in [2.24, 2.45) is 0 Å². The quantitative estimate of drug-likeness (QED) is 0.830. The molecular weight excluding hydrogens is 338 g/mol. The van der Waals surface area contributed by atoms with Gasteiger partial charge in [-0.25, -0.2) is 0 Å². The Morgan fingerprint density at radius 3 is 2.92 bits per heavy atom. The Bertz CT molecular complexity index is 699. The SMILES string of the molecule is CS[C@H](C)CCN1CCOc2c(O)cc(-c3ccc(C)s3)cc2C1. The number of hydrogen-bond donors (Lipinski definition) is 1. The van der Waals surface area contributed by atoms with Crippen molar-refractivity contribution < 1.29 is 9.84 Å². The maximum absolute atomic E-state index is 10.4. The number of phenols is 1. The van der Waals surface area contributed by atoms with E-state index in [-0.39, 0.29) is 5.75 Å². The van der Waals surface area contributed by atoms with Crippen LogP contribution in [0.2, 0.25) is 0 Å². The van der Waals surface area contributed by atoms with Gasteiger partial charge in [0.15, 0.2) is 11.5 Å². The molecule has 0 fully saturated rings. The molecule has 1 atom stereocenters. The molecule has 0 aliphatic carbocycles. The van der Waals surface area contributed by atoms with Gasteiger partial charge in [0.25, 0.3) is 0 Å². The first-order valence-corrected chi connectivity index (χ1v) is 10.5. The molecule has 2 aromatic rings. The van der Waals surface area contributed by atoms with E-state index in [0.717, 1.165) is 30.8 Å². The maximum atomic E-state index is 10.4. The number of aryl methyl sites for hydroxylation is 1. The molecule has 0 saturated heterocycles. The van der Waals surface area contributed by atoms with E-state index in [1.807, 2.05) is 17.8 Å². The van der Waals surface area contributed by atoms with E-state index in [4.69, 9.17) is 4.74 Å². The molecule has 1 aliphatic rings. The predicted octanol–water partition coefficient (Wildman–Crippen LogP) is 4.77. The zero-order chi connectivity index (χ0) is 17.1. The van der Waals surface area contributed by atoms with Crippen molar-refractivity contribution >= 4 is 23.1 Å². The second-order valence-corrected chi connectivity index (χ2v) is 8.92. The van der Waals surface area contributed by atoms with Crippen molar-refractivity contribution in [2.45, 2.75) is 32.1 Å². The minimum atomic E-state index is 0.257. The van der Waals surface area contributed by atoms with Gasteiger partial charge in [0.1, 0.15) is 6.61 Å². The fourth-order valence-corrected chi connectivity index (χ4v) is 4.15. The van der Waals surface area contributed by atoms with E-state index in [1.54, 1.807) is 11.3 Å². The van der Waals surface area contributed by atoms with Gasteiger partial charge in [-0.3, -0.25) is 4.90 Å². The predicted molar refractivity (Wildman–Crippen MR) is 105 cm³/mol. The smallest absolute Gasteiger partial charge is 0.165 e. The Hall–Kier alpha value is -1.17. The molecule has 0 bridgehead atoms. The molecule has 130 valence electrons. The van der Waals surface area contributed by atoms with Crippen molar-refractivity contribution in [3.63, 3.8) is 0 Å². The lowest BCUT2D eigenvalue weighted by Gasteiger charge is -2.21. The summed E-state index contributed by atoms with van der Waals surface area (Å²) in [5, 5.41) is 11.1. The van der Waals surface area contributed by atoms with Gasteiger partial charge in [-0.05, 0) is 56.0 Å². The van der Waals surface area contributed by atoms with E-state index in [9.17, 15) is 5.11 Å². The normalized spacial score (nSPS) is 16.3. The summed E-state index contributed by atoms with van der Waals surface area (Å²) in [5.74, 6) is 0.917. The summed E-state index contributed by atoms with van der Waals surface area (Å²) >= 11 is 3.67. The zero-order valence-corrected chi connectivity index (χ0v) is 16.2. The summed E-state index contributed by atoms with van der Waals surface area (Å²) in [6, 6.07) is 8.25. The highest BCUT2D eigenvalue weighted by molar-refractivity contribution is 7.99.